The highest BCUT2D eigenvalue weighted by atomic mass is 16.5. The summed E-state index contributed by atoms with van der Waals surface area (Å²) in [5.41, 5.74) is 1.93. The number of aliphatic hydroxyl groups excluding tert-OH is 1. The third-order valence-electron chi connectivity index (χ3n) is 6.16. The fourth-order valence-electron chi connectivity index (χ4n) is 4.22. The summed E-state index contributed by atoms with van der Waals surface area (Å²) in [6.07, 6.45) is 7.66. The number of benzene rings is 2. The molecule has 0 aliphatic carbocycles. The van der Waals surface area contributed by atoms with Gasteiger partial charge >= 0.3 is 0 Å². The number of aromatic hydroxyl groups is 3. The predicted molar refractivity (Wildman–Crippen MR) is 136 cm³/mol. The maximum atomic E-state index is 13.8. The standard InChI is InChI=1S/C28H30O7/c1-14(2)6-8-18-26-17(10-11-28(4,5)35-26)24(32)22-25(33)21-16(9-7-15(3)13-29)23(31)19(30)12-20(21)34-27(18)22/h6-7,10-12,29-32H,8-9,13H2,1-5H3/b15-7+. The molecule has 1 aliphatic rings. The fourth-order valence-corrected chi connectivity index (χ4v) is 4.22. The van der Waals surface area contributed by atoms with Crippen molar-refractivity contribution in [2.45, 2.75) is 53.1 Å². The first-order valence-corrected chi connectivity index (χ1v) is 11.5. The van der Waals surface area contributed by atoms with E-state index < -0.39 is 22.5 Å². The number of allylic oxidation sites excluding steroid dienone is 3. The smallest absolute Gasteiger partial charge is 0.204 e. The molecule has 0 spiro atoms. The van der Waals surface area contributed by atoms with Gasteiger partial charge in [0.25, 0.3) is 0 Å². The first kappa shape index (κ1) is 24.4. The van der Waals surface area contributed by atoms with Gasteiger partial charge < -0.3 is 29.6 Å². The van der Waals surface area contributed by atoms with E-state index in [9.17, 15) is 25.2 Å². The molecule has 0 atom stereocenters. The molecule has 0 saturated heterocycles. The van der Waals surface area contributed by atoms with E-state index in [2.05, 4.69) is 0 Å². The Balaban J connectivity index is 2.16. The molecule has 1 aliphatic heterocycles. The molecule has 7 heteroatoms. The van der Waals surface area contributed by atoms with Crippen molar-refractivity contribution in [2.24, 2.45) is 0 Å². The molecule has 0 saturated carbocycles. The van der Waals surface area contributed by atoms with Gasteiger partial charge in [-0.15, -0.1) is 0 Å². The van der Waals surface area contributed by atoms with Crippen molar-refractivity contribution < 1.29 is 29.6 Å². The van der Waals surface area contributed by atoms with Crippen LogP contribution in [0.5, 0.6) is 23.0 Å². The van der Waals surface area contributed by atoms with Gasteiger partial charge in [0.1, 0.15) is 33.7 Å². The Kier molecular flexibility index (Phi) is 6.15. The lowest BCUT2D eigenvalue weighted by molar-refractivity contribution is 0.157. The zero-order valence-electron chi connectivity index (χ0n) is 20.5. The van der Waals surface area contributed by atoms with Gasteiger partial charge in [-0.3, -0.25) is 4.79 Å². The van der Waals surface area contributed by atoms with Crippen LogP contribution in [0.1, 0.15) is 51.3 Å². The van der Waals surface area contributed by atoms with Crippen LogP contribution in [0, 0.1) is 0 Å². The molecule has 7 nitrogen and oxygen atoms in total. The van der Waals surface area contributed by atoms with Crippen LogP contribution in [0.4, 0.5) is 0 Å². The first-order chi connectivity index (χ1) is 16.4. The number of hydrogen-bond acceptors (Lipinski definition) is 7. The molecular weight excluding hydrogens is 448 g/mol. The van der Waals surface area contributed by atoms with E-state index in [4.69, 9.17) is 9.15 Å². The van der Waals surface area contributed by atoms with Crippen molar-refractivity contribution >= 4 is 28.0 Å². The zero-order valence-corrected chi connectivity index (χ0v) is 20.5. The fraction of sp³-hybridized carbons (Fsp3) is 0.321. The normalized spacial score (nSPS) is 14.7. The third-order valence-corrected chi connectivity index (χ3v) is 6.16. The number of phenolic OH excluding ortho intramolecular Hbond substituents is 3. The van der Waals surface area contributed by atoms with Crippen molar-refractivity contribution in [2.75, 3.05) is 6.61 Å². The Labute approximate surface area is 202 Å². The zero-order chi connectivity index (χ0) is 25.7. The molecule has 0 fully saturated rings. The van der Waals surface area contributed by atoms with Gasteiger partial charge in [-0.1, -0.05) is 23.3 Å². The minimum absolute atomic E-state index is 0.0180. The summed E-state index contributed by atoms with van der Waals surface area (Å²) >= 11 is 0. The Morgan fingerprint density at radius 1 is 1.00 bits per heavy atom. The number of rotatable bonds is 5. The average Bonchev–Trinajstić information content (AvgIpc) is 2.78. The molecule has 0 bridgehead atoms. The molecule has 35 heavy (non-hydrogen) atoms. The SMILES string of the molecule is CC(C)=CCc1c2c(c(O)c3c(=O)c4c(C/C=C(\C)CO)c(O)c(O)cc4oc13)C=CC(C)(C)O2. The summed E-state index contributed by atoms with van der Waals surface area (Å²) in [6.45, 7) is 9.23. The second kappa shape index (κ2) is 8.82. The van der Waals surface area contributed by atoms with Gasteiger partial charge in [-0.25, -0.2) is 0 Å². The number of aliphatic hydroxyl groups is 1. The highest BCUT2D eigenvalue weighted by Gasteiger charge is 2.31. The van der Waals surface area contributed by atoms with Gasteiger partial charge in [-0.2, -0.15) is 0 Å². The number of ether oxygens (including phenoxy) is 1. The van der Waals surface area contributed by atoms with Crippen LogP contribution in [0.3, 0.4) is 0 Å². The van der Waals surface area contributed by atoms with Crippen LogP contribution in [0.2, 0.25) is 0 Å². The lowest BCUT2D eigenvalue weighted by Gasteiger charge is -2.30. The molecule has 0 radical (unpaired) electrons. The van der Waals surface area contributed by atoms with Crippen LogP contribution in [-0.4, -0.2) is 32.6 Å². The van der Waals surface area contributed by atoms with Crippen LogP contribution < -0.4 is 10.2 Å². The summed E-state index contributed by atoms with van der Waals surface area (Å²) in [7, 11) is 0. The quantitative estimate of drug-likeness (QED) is 0.225. The average molecular weight is 479 g/mol. The van der Waals surface area contributed by atoms with Crippen molar-refractivity contribution in [3.63, 3.8) is 0 Å². The molecule has 4 N–H and O–H groups in total. The number of hydrogen-bond donors (Lipinski definition) is 4. The van der Waals surface area contributed by atoms with Gasteiger partial charge in [0.05, 0.1) is 17.6 Å². The number of fused-ring (bicyclic) bond motifs is 3. The van der Waals surface area contributed by atoms with E-state index in [0.717, 1.165) is 5.57 Å². The lowest BCUT2D eigenvalue weighted by atomic mass is 9.93. The summed E-state index contributed by atoms with van der Waals surface area (Å²) < 4.78 is 12.4. The molecule has 2 heterocycles. The van der Waals surface area contributed by atoms with Crippen molar-refractivity contribution in [1.29, 1.82) is 0 Å². The van der Waals surface area contributed by atoms with E-state index >= 15 is 0 Å². The van der Waals surface area contributed by atoms with Gasteiger partial charge in [0, 0.05) is 17.2 Å². The van der Waals surface area contributed by atoms with E-state index in [1.54, 1.807) is 19.1 Å². The maximum Gasteiger partial charge on any atom is 0.204 e. The van der Waals surface area contributed by atoms with Crippen molar-refractivity contribution in [3.05, 3.63) is 62.4 Å². The van der Waals surface area contributed by atoms with Crippen LogP contribution in [0.25, 0.3) is 28.0 Å². The van der Waals surface area contributed by atoms with Gasteiger partial charge in [-0.05, 0) is 59.6 Å². The monoisotopic (exact) mass is 478 g/mol. The number of phenols is 3. The van der Waals surface area contributed by atoms with Gasteiger partial charge in [0.2, 0.25) is 5.43 Å². The molecule has 1 aromatic heterocycles. The third kappa shape index (κ3) is 4.28. The Hall–Kier alpha value is -3.71. The second-order valence-electron chi connectivity index (χ2n) is 9.74. The van der Waals surface area contributed by atoms with Crippen molar-refractivity contribution in [1.82, 2.24) is 0 Å². The van der Waals surface area contributed by atoms with E-state index in [1.165, 1.54) is 6.07 Å². The summed E-state index contributed by atoms with van der Waals surface area (Å²) in [5, 5.41) is 41.5. The Morgan fingerprint density at radius 3 is 2.34 bits per heavy atom. The van der Waals surface area contributed by atoms with Gasteiger partial charge in [0.15, 0.2) is 11.5 Å². The van der Waals surface area contributed by atoms with E-state index in [1.807, 2.05) is 39.8 Å². The highest BCUT2D eigenvalue weighted by Crippen LogP contribution is 2.46. The van der Waals surface area contributed by atoms with Crippen LogP contribution in [-0.2, 0) is 12.8 Å². The van der Waals surface area contributed by atoms with E-state index in [0.29, 0.717) is 28.9 Å². The van der Waals surface area contributed by atoms with Crippen molar-refractivity contribution in [3.8, 4) is 23.0 Å². The minimum atomic E-state index is -0.627. The summed E-state index contributed by atoms with van der Waals surface area (Å²) in [6, 6.07) is 1.20. The maximum absolute atomic E-state index is 13.8. The van der Waals surface area contributed by atoms with Crippen LogP contribution >= 0.6 is 0 Å². The van der Waals surface area contributed by atoms with Crippen LogP contribution in [0.15, 0.2) is 44.7 Å². The van der Waals surface area contributed by atoms with E-state index in [-0.39, 0.29) is 46.3 Å². The first-order valence-electron chi connectivity index (χ1n) is 11.5. The molecule has 2 aromatic carbocycles. The summed E-state index contributed by atoms with van der Waals surface area (Å²) in [4.78, 5) is 13.8. The lowest BCUT2D eigenvalue weighted by Crippen LogP contribution is -2.28. The molecule has 3 aromatic rings. The topological polar surface area (TPSA) is 120 Å². The highest BCUT2D eigenvalue weighted by molar-refractivity contribution is 6.01. The molecule has 4 rings (SSSR count). The largest absolute Gasteiger partial charge is 0.506 e. The summed E-state index contributed by atoms with van der Waals surface area (Å²) in [5.74, 6) is -0.706. The Morgan fingerprint density at radius 2 is 1.69 bits per heavy atom. The predicted octanol–water partition coefficient (Wildman–Crippen LogP) is 5.24. The molecule has 0 amide bonds. The molecular formula is C28H30O7. The minimum Gasteiger partial charge on any atom is -0.506 e. The molecule has 0 unspecified atom stereocenters. The second-order valence-corrected chi connectivity index (χ2v) is 9.74. The molecule has 184 valence electrons. The Bertz CT molecular complexity index is 1500.